The van der Waals surface area contributed by atoms with Crippen LogP contribution in [0.5, 0.6) is 5.88 Å². The van der Waals surface area contributed by atoms with E-state index in [0.717, 1.165) is 0 Å². The fraction of sp³-hybridized carbons (Fsp3) is 0.182. The maximum absolute atomic E-state index is 10.8. The van der Waals surface area contributed by atoms with Gasteiger partial charge in [0, 0.05) is 17.8 Å². The quantitative estimate of drug-likeness (QED) is 0.904. The number of ether oxygens (including phenoxy) is 1. The van der Waals surface area contributed by atoms with Crippen LogP contribution in [0.2, 0.25) is 5.02 Å². The third-order valence-electron chi connectivity index (χ3n) is 2.28. The molecular weight excluding hydrogens is 244 g/mol. The molecular formula is C11H9ClN2O3. The van der Waals surface area contributed by atoms with E-state index in [2.05, 4.69) is 9.97 Å². The number of carboxylic acid groups (broad SMARTS) is 1. The van der Waals surface area contributed by atoms with Gasteiger partial charge >= 0.3 is 5.97 Å². The summed E-state index contributed by atoms with van der Waals surface area (Å²) >= 11 is 5.94. The van der Waals surface area contributed by atoms with Crippen molar-refractivity contribution in [2.45, 2.75) is 6.42 Å². The standard InChI is InChI=1S/C11H9ClN2O3/c1-17-9-3-2-8-11(14-9)6(4-10(15)16)7(12)5-13-8/h2-3,5H,4H2,1H3,(H,15,16). The summed E-state index contributed by atoms with van der Waals surface area (Å²) in [5, 5.41) is 9.13. The van der Waals surface area contributed by atoms with Crippen molar-refractivity contribution >= 4 is 28.6 Å². The minimum atomic E-state index is -0.969. The van der Waals surface area contributed by atoms with Crippen molar-refractivity contribution in [1.82, 2.24) is 9.97 Å². The van der Waals surface area contributed by atoms with Gasteiger partial charge in [-0.1, -0.05) is 11.6 Å². The summed E-state index contributed by atoms with van der Waals surface area (Å²) in [6.07, 6.45) is 1.23. The van der Waals surface area contributed by atoms with E-state index in [1.54, 1.807) is 12.1 Å². The van der Waals surface area contributed by atoms with Crippen LogP contribution in [0.3, 0.4) is 0 Å². The van der Waals surface area contributed by atoms with E-state index in [9.17, 15) is 4.79 Å². The molecule has 0 saturated heterocycles. The third-order valence-corrected chi connectivity index (χ3v) is 2.60. The predicted octanol–water partition coefficient (Wildman–Crippen LogP) is 1.92. The molecule has 6 heteroatoms. The molecule has 0 bridgehead atoms. The van der Waals surface area contributed by atoms with Crippen LogP contribution in [0.25, 0.3) is 11.0 Å². The summed E-state index contributed by atoms with van der Waals surface area (Å²) in [7, 11) is 1.49. The Hall–Kier alpha value is -1.88. The molecule has 2 aromatic rings. The molecule has 88 valence electrons. The summed E-state index contributed by atoms with van der Waals surface area (Å²) in [6, 6.07) is 3.37. The minimum Gasteiger partial charge on any atom is -0.481 e. The van der Waals surface area contributed by atoms with E-state index in [0.29, 0.717) is 27.5 Å². The largest absolute Gasteiger partial charge is 0.481 e. The average molecular weight is 253 g/mol. The molecule has 0 radical (unpaired) electrons. The molecule has 0 amide bonds. The van der Waals surface area contributed by atoms with Gasteiger partial charge in [-0.2, -0.15) is 0 Å². The van der Waals surface area contributed by atoms with Gasteiger partial charge < -0.3 is 9.84 Å². The second-order valence-electron chi connectivity index (χ2n) is 3.38. The Bertz CT molecular complexity index is 586. The Morgan fingerprint density at radius 1 is 1.53 bits per heavy atom. The van der Waals surface area contributed by atoms with Gasteiger partial charge in [-0.3, -0.25) is 9.78 Å². The Morgan fingerprint density at radius 2 is 2.29 bits per heavy atom. The molecule has 1 N–H and O–H groups in total. The Balaban J connectivity index is 2.68. The molecule has 0 aliphatic heterocycles. The summed E-state index contributed by atoms with van der Waals surface area (Å²) in [5.41, 5.74) is 1.49. The number of hydrogen-bond donors (Lipinski definition) is 1. The lowest BCUT2D eigenvalue weighted by Gasteiger charge is -2.06. The van der Waals surface area contributed by atoms with Crippen molar-refractivity contribution in [2.24, 2.45) is 0 Å². The van der Waals surface area contributed by atoms with Crippen molar-refractivity contribution in [1.29, 1.82) is 0 Å². The number of aliphatic carboxylic acids is 1. The smallest absolute Gasteiger partial charge is 0.307 e. The summed E-state index contributed by atoms with van der Waals surface area (Å²) < 4.78 is 4.99. The van der Waals surface area contributed by atoms with E-state index >= 15 is 0 Å². The molecule has 0 spiro atoms. The van der Waals surface area contributed by atoms with Crippen molar-refractivity contribution in [3.63, 3.8) is 0 Å². The van der Waals surface area contributed by atoms with Gasteiger partial charge in [-0.05, 0) is 6.07 Å². The van der Waals surface area contributed by atoms with E-state index in [1.165, 1.54) is 13.3 Å². The summed E-state index contributed by atoms with van der Waals surface area (Å²) in [6.45, 7) is 0. The van der Waals surface area contributed by atoms with Gasteiger partial charge in [0.25, 0.3) is 0 Å². The highest BCUT2D eigenvalue weighted by atomic mass is 35.5. The van der Waals surface area contributed by atoms with Crippen molar-refractivity contribution in [2.75, 3.05) is 7.11 Å². The summed E-state index contributed by atoms with van der Waals surface area (Å²) in [5.74, 6) is -0.572. The normalized spacial score (nSPS) is 10.5. The number of pyridine rings is 2. The molecule has 0 aromatic carbocycles. The van der Waals surface area contributed by atoms with Crippen molar-refractivity contribution in [3.8, 4) is 5.88 Å². The minimum absolute atomic E-state index is 0.196. The SMILES string of the molecule is COc1ccc2ncc(Cl)c(CC(=O)O)c2n1. The average Bonchev–Trinajstić information content (AvgIpc) is 2.32. The zero-order chi connectivity index (χ0) is 12.4. The maximum atomic E-state index is 10.8. The summed E-state index contributed by atoms with van der Waals surface area (Å²) in [4.78, 5) is 19.0. The molecule has 0 unspecified atom stereocenters. The molecule has 2 aromatic heterocycles. The molecule has 0 atom stereocenters. The highest BCUT2D eigenvalue weighted by molar-refractivity contribution is 6.32. The van der Waals surface area contributed by atoms with Gasteiger partial charge in [-0.25, -0.2) is 4.98 Å². The molecule has 0 saturated carbocycles. The number of methoxy groups -OCH3 is 1. The molecule has 2 rings (SSSR count). The fourth-order valence-corrected chi connectivity index (χ4v) is 1.72. The monoisotopic (exact) mass is 252 g/mol. The van der Waals surface area contributed by atoms with Crippen LogP contribution in [-0.4, -0.2) is 28.2 Å². The molecule has 0 aliphatic rings. The number of rotatable bonds is 3. The topological polar surface area (TPSA) is 72.3 Å². The second kappa shape index (κ2) is 4.55. The van der Waals surface area contributed by atoms with Gasteiger partial charge in [0.15, 0.2) is 0 Å². The number of halogens is 1. The zero-order valence-corrected chi connectivity index (χ0v) is 9.73. The van der Waals surface area contributed by atoms with Crippen molar-refractivity contribution in [3.05, 3.63) is 28.9 Å². The Kier molecular flexibility index (Phi) is 3.10. The van der Waals surface area contributed by atoms with Gasteiger partial charge in [-0.15, -0.1) is 0 Å². The van der Waals surface area contributed by atoms with Crippen LogP contribution in [-0.2, 0) is 11.2 Å². The number of fused-ring (bicyclic) bond motifs is 1. The number of hydrogen-bond acceptors (Lipinski definition) is 4. The third kappa shape index (κ3) is 2.29. The molecule has 5 nitrogen and oxygen atoms in total. The molecule has 17 heavy (non-hydrogen) atoms. The lowest BCUT2D eigenvalue weighted by atomic mass is 10.1. The van der Waals surface area contributed by atoms with Crippen LogP contribution in [0.1, 0.15) is 5.56 Å². The highest BCUT2D eigenvalue weighted by Crippen LogP contribution is 2.25. The van der Waals surface area contributed by atoms with Gasteiger partial charge in [0.2, 0.25) is 5.88 Å². The first kappa shape index (κ1) is 11.6. The number of aromatic nitrogens is 2. The zero-order valence-electron chi connectivity index (χ0n) is 8.98. The van der Waals surface area contributed by atoms with Gasteiger partial charge in [0.1, 0.15) is 0 Å². The van der Waals surface area contributed by atoms with Crippen molar-refractivity contribution < 1.29 is 14.6 Å². The first-order valence-electron chi connectivity index (χ1n) is 4.81. The van der Waals surface area contributed by atoms with E-state index in [1.807, 2.05) is 0 Å². The van der Waals surface area contributed by atoms with Crippen LogP contribution in [0, 0.1) is 0 Å². The second-order valence-corrected chi connectivity index (χ2v) is 3.78. The van der Waals surface area contributed by atoms with Crippen LogP contribution >= 0.6 is 11.6 Å². The van der Waals surface area contributed by atoms with Gasteiger partial charge in [0.05, 0.1) is 29.6 Å². The fourth-order valence-electron chi connectivity index (χ4n) is 1.51. The maximum Gasteiger partial charge on any atom is 0.307 e. The van der Waals surface area contributed by atoms with E-state index in [4.69, 9.17) is 21.4 Å². The molecule has 0 aliphatic carbocycles. The number of carbonyl (C=O) groups is 1. The van der Waals surface area contributed by atoms with E-state index in [-0.39, 0.29) is 6.42 Å². The lowest BCUT2D eigenvalue weighted by Crippen LogP contribution is -2.03. The molecule has 2 heterocycles. The number of nitrogens with zero attached hydrogens (tertiary/aromatic N) is 2. The predicted molar refractivity (Wildman–Crippen MR) is 62.4 cm³/mol. The first-order chi connectivity index (χ1) is 8.11. The first-order valence-corrected chi connectivity index (χ1v) is 5.19. The van der Waals surface area contributed by atoms with Crippen LogP contribution in [0.15, 0.2) is 18.3 Å². The Morgan fingerprint density at radius 3 is 2.94 bits per heavy atom. The van der Waals surface area contributed by atoms with Crippen LogP contribution < -0.4 is 4.74 Å². The molecule has 0 fully saturated rings. The van der Waals surface area contributed by atoms with E-state index < -0.39 is 5.97 Å². The lowest BCUT2D eigenvalue weighted by molar-refractivity contribution is -0.136. The van der Waals surface area contributed by atoms with Crippen LogP contribution in [0.4, 0.5) is 0 Å². The Labute approximate surface area is 102 Å². The highest BCUT2D eigenvalue weighted by Gasteiger charge is 2.13. The number of carboxylic acids is 1.